The van der Waals surface area contributed by atoms with Gasteiger partial charge in [-0.15, -0.1) is 0 Å². The largest absolute Gasteiger partial charge is 0.416 e. The predicted octanol–water partition coefficient (Wildman–Crippen LogP) is 4.45. The molecule has 4 rings (SSSR count). The molecule has 2 aromatic carbocycles. The smallest absolute Gasteiger partial charge is 0.376 e. The van der Waals surface area contributed by atoms with Crippen LogP contribution in [0.25, 0.3) is 0 Å². The zero-order valence-corrected chi connectivity index (χ0v) is 16.8. The molecule has 2 unspecified atom stereocenters. The maximum atomic E-state index is 13.0. The van der Waals surface area contributed by atoms with Gasteiger partial charge in [-0.1, -0.05) is 0 Å². The molecule has 5 nitrogen and oxygen atoms in total. The fraction of sp³-hybridized carbons (Fsp3) is 0.524. The normalized spacial score (nSPS) is 23.9. The van der Waals surface area contributed by atoms with Gasteiger partial charge in [-0.3, -0.25) is 9.59 Å². The van der Waals surface area contributed by atoms with E-state index < -0.39 is 46.5 Å². The summed E-state index contributed by atoms with van der Waals surface area (Å²) < 4.78 is 84.1. The molecule has 1 spiro atoms. The molecule has 1 saturated heterocycles. The third-order valence-electron chi connectivity index (χ3n) is 6.21. The minimum Gasteiger partial charge on any atom is -0.376 e. The van der Waals surface area contributed by atoms with Crippen molar-refractivity contribution in [1.29, 1.82) is 0 Å². The van der Waals surface area contributed by atoms with Crippen LogP contribution in [0.15, 0.2) is 27.8 Å². The Morgan fingerprint density at radius 1 is 0.906 bits per heavy atom. The first-order valence-electron chi connectivity index (χ1n) is 10.2. The van der Waals surface area contributed by atoms with E-state index in [1.165, 1.54) is 0 Å². The van der Waals surface area contributed by atoms with Gasteiger partial charge in [0.05, 0.1) is 22.8 Å². The molecule has 1 heterocycles. The van der Waals surface area contributed by atoms with E-state index in [9.17, 15) is 35.9 Å². The third kappa shape index (κ3) is 4.10. The highest BCUT2D eigenvalue weighted by Crippen LogP contribution is 2.43. The van der Waals surface area contributed by atoms with Crippen LogP contribution < -0.4 is 21.5 Å². The standard InChI is InChI=1S/C21H20F6N2O3/c22-20(23,24)12-7-11(8-13(9-12)21(25,26)27)10-28-15-16(18(31)17(15)30)29-14-3-1-4-19(14)5-2-6-32-19/h7-9,14,28-29H,1-6,10H2. The number of anilines is 2. The molecule has 1 saturated carbocycles. The summed E-state index contributed by atoms with van der Waals surface area (Å²) in [5.74, 6) is 0. The van der Waals surface area contributed by atoms with E-state index in [-0.39, 0.29) is 29.0 Å². The van der Waals surface area contributed by atoms with Gasteiger partial charge in [0.25, 0.3) is 10.9 Å². The molecule has 1 aliphatic heterocycles. The second-order valence-corrected chi connectivity index (χ2v) is 8.28. The molecule has 2 aromatic rings. The fourth-order valence-corrected chi connectivity index (χ4v) is 4.62. The molecular formula is C21H20F6N2O3. The van der Waals surface area contributed by atoms with Crippen LogP contribution in [0.1, 0.15) is 48.8 Å². The van der Waals surface area contributed by atoms with Crippen LogP contribution in [0, 0.1) is 0 Å². The van der Waals surface area contributed by atoms with Gasteiger partial charge >= 0.3 is 12.4 Å². The van der Waals surface area contributed by atoms with Crippen molar-refractivity contribution in [2.45, 2.75) is 62.6 Å². The Kier molecular flexibility index (Phi) is 5.51. The monoisotopic (exact) mass is 462 g/mol. The molecule has 0 bridgehead atoms. The quantitative estimate of drug-likeness (QED) is 0.508. The van der Waals surface area contributed by atoms with Gasteiger partial charge in [0.15, 0.2) is 0 Å². The lowest BCUT2D eigenvalue weighted by Crippen LogP contribution is -2.46. The fourth-order valence-electron chi connectivity index (χ4n) is 4.62. The van der Waals surface area contributed by atoms with E-state index in [1.807, 2.05) is 0 Å². The maximum absolute atomic E-state index is 13.0. The second-order valence-electron chi connectivity index (χ2n) is 8.28. The number of halogens is 6. The van der Waals surface area contributed by atoms with Gasteiger partial charge in [-0.2, -0.15) is 26.3 Å². The summed E-state index contributed by atoms with van der Waals surface area (Å²) >= 11 is 0. The summed E-state index contributed by atoms with van der Waals surface area (Å²) in [4.78, 5) is 24.1. The van der Waals surface area contributed by atoms with Crippen LogP contribution in [0.2, 0.25) is 0 Å². The predicted molar refractivity (Wildman–Crippen MR) is 104 cm³/mol. The SMILES string of the molecule is O=c1c(NCc2cc(C(F)(F)F)cc(C(F)(F)F)c2)c(NC2CCCC23CCCO3)c1=O. The Morgan fingerprint density at radius 3 is 2.06 bits per heavy atom. The molecule has 0 aromatic heterocycles. The summed E-state index contributed by atoms with van der Waals surface area (Å²) in [6.07, 6.45) is -5.83. The van der Waals surface area contributed by atoms with Crippen LogP contribution in [-0.4, -0.2) is 18.2 Å². The lowest BCUT2D eigenvalue weighted by atomic mass is 9.93. The zero-order chi connectivity index (χ0) is 23.3. The van der Waals surface area contributed by atoms with Gasteiger partial charge in [-0.25, -0.2) is 0 Å². The van der Waals surface area contributed by atoms with E-state index in [0.29, 0.717) is 18.7 Å². The molecule has 2 atom stereocenters. The first kappa shape index (κ1) is 22.6. The number of hydrogen-bond acceptors (Lipinski definition) is 5. The van der Waals surface area contributed by atoms with E-state index in [1.54, 1.807) is 0 Å². The highest BCUT2D eigenvalue weighted by Gasteiger charge is 2.47. The van der Waals surface area contributed by atoms with Gasteiger partial charge in [0.1, 0.15) is 11.4 Å². The van der Waals surface area contributed by atoms with Crippen LogP contribution in [0.5, 0.6) is 0 Å². The third-order valence-corrected chi connectivity index (χ3v) is 6.21. The Hall–Kier alpha value is -2.56. The minimum absolute atomic E-state index is 0.000189. The average Bonchev–Trinajstić information content (AvgIpc) is 3.35. The molecule has 0 amide bonds. The van der Waals surface area contributed by atoms with Gasteiger partial charge in [0.2, 0.25) is 0 Å². The molecule has 0 radical (unpaired) electrons. The lowest BCUT2D eigenvalue weighted by molar-refractivity contribution is -0.143. The van der Waals surface area contributed by atoms with Gasteiger partial charge < -0.3 is 15.4 Å². The van der Waals surface area contributed by atoms with Crippen molar-refractivity contribution < 1.29 is 31.1 Å². The molecule has 2 aliphatic rings. The molecule has 32 heavy (non-hydrogen) atoms. The van der Waals surface area contributed by atoms with Crippen LogP contribution in [0.4, 0.5) is 37.7 Å². The first-order chi connectivity index (χ1) is 14.9. The molecule has 2 fully saturated rings. The van der Waals surface area contributed by atoms with Crippen LogP contribution >= 0.6 is 0 Å². The summed E-state index contributed by atoms with van der Waals surface area (Å²) in [7, 11) is 0. The molecule has 2 N–H and O–H groups in total. The van der Waals surface area contributed by atoms with Crippen molar-refractivity contribution in [1.82, 2.24) is 0 Å². The molecule has 1 aliphatic carbocycles. The summed E-state index contributed by atoms with van der Waals surface area (Å²) in [6.45, 7) is 0.116. The lowest BCUT2D eigenvalue weighted by Gasteiger charge is -2.32. The number of hydrogen-bond donors (Lipinski definition) is 2. The van der Waals surface area contributed by atoms with Crippen LogP contribution in [0.3, 0.4) is 0 Å². The molecular weight excluding hydrogens is 442 g/mol. The van der Waals surface area contributed by atoms with E-state index in [2.05, 4.69) is 10.6 Å². The Labute approximate surface area is 178 Å². The first-order valence-corrected chi connectivity index (χ1v) is 10.2. The highest BCUT2D eigenvalue weighted by molar-refractivity contribution is 5.74. The zero-order valence-electron chi connectivity index (χ0n) is 16.8. The number of alkyl halides is 6. The van der Waals surface area contributed by atoms with Crippen molar-refractivity contribution in [3.05, 3.63) is 55.3 Å². The topological polar surface area (TPSA) is 67.4 Å². The second kappa shape index (κ2) is 7.79. The van der Waals surface area contributed by atoms with Crippen molar-refractivity contribution in [3.8, 4) is 0 Å². The van der Waals surface area contributed by atoms with E-state index >= 15 is 0 Å². The summed E-state index contributed by atoms with van der Waals surface area (Å²) in [6, 6.07) is 1.01. The Bertz CT molecular complexity index is 1040. The highest BCUT2D eigenvalue weighted by atomic mass is 19.4. The minimum atomic E-state index is -4.97. The summed E-state index contributed by atoms with van der Waals surface area (Å²) in [5, 5.41) is 5.59. The van der Waals surface area contributed by atoms with Crippen molar-refractivity contribution in [3.63, 3.8) is 0 Å². The van der Waals surface area contributed by atoms with E-state index in [4.69, 9.17) is 4.74 Å². The van der Waals surface area contributed by atoms with E-state index in [0.717, 1.165) is 32.1 Å². The van der Waals surface area contributed by atoms with Gasteiger partial charge in [-0.05, 0) is 55.9 Å². The Morgan fingerprint density at radius 2 is 1.50 bits per heavy atom. The molecule has 11 heteroatoms. The average molecular weight is 462 g/mol. The van der Waals surface area contributed by atoms with Crippen molar-refractivity contribution >= 4 is 11.4 Å². The van der Waals surface area contributed by atoms with Crippen LogP contribution in [-0.2, 0) is 23.6 Å². The number of rotatable bonds is 5. The van der Waals surface area contributed by atoms with Gasteiger partial charge in [0, 0.05) is 13.2 Å². The maximum Gasteiger partial charge on any atom is 0.416 e. The summed E-state index contributed by atoms with van der Waals surface area (Å²) in [5.41, 5.74) is -5.40. The van der Waals surface area contributed by atoms with Crippen molar-refractivity contribution in [2.75, 3.05) is 17.2 Å². The van der Waals surface area contributed by atoms with Crippen molar-refractivity contribution in [2.24, 2.45) is 0 Å². The number of ether oxygens (including phenoxy) is 1. The number of benzene rings is 1. The number of nitrogens with one attached hydrogen (secondary N) is 2. The molecule has 174 valence electrons. The Balaban J connectivity index is 1.55.